The predicted octanol–water partition coefficient (Wildman–Crippen LogP) is 1.18. The van der Waals surface area contributed by atoms with E-state index in [-0.39, 0.29) is 10.6 Å². The normalized spacial score (nSPS) is 12.7. The molecule has 0 spiro atoms. The zero-order valence-corrected chi connectivity index (χ0v) is 14.7. The number of hydroxylamine groups is 2. The molecule has 1 heterocycles. The van der Waals surface area contributed by atoms with Crippen LogP contribution < -0.4 is 11.5 Å². The van der Waals surface area contributed by atoms with Gasteiger partial charge in [0.15, 0.2) is 6.04 Å². The summed E-state index contributed by atoms with van der Waals surface area (Å²) < 4.78 is 0. The molecule has 138 valence electrons. The monoisotopic (exact) mass is 364 g/mol. The molecule has 0 radical (unpaired) electrons. The van der Waals surface area contributed by atoms with Gasteiger partial charge in [0.05, 0.1) is 0 Å². The number of carbonyl (C=O) groups excluding carboxylic acids is 2. The van der Waals surface area contributed by atoms with Gasteiger partial charge < -0.3 is 11.5 Å². The third-order valence-corrected chi connectivity index (χ3v) is 3.66. The van der Waals surface area contributed by atoms with Crippen LogP contribution in [-0.2, 0) is 4.79 Å². The minimum atomic E-state index is -1.31. The summed E-state index contributed by atoms with van der Waals surface area (Å²) in [5.74, 6) is 4.20. The third kappa shape index (κ3) is 5.51. The fraction of sp³-hybridized carbons (Fsp3) is 0.150. The lowest BCUT2D eigenvalue weighted by Gasteiger charge is -2.26. The largest absolute Gasteiger partial charge is 0.368 e. The van der Waals surface area contributed by atoms with E-state index < -0.39 is 23.9 Å². The number of aromatic nitrogens is 1. The lowest BCUT2D eigenvalue weighted by molar-refractivity contribution is -0.140. The molecule has 2 atom stereocenters. The molecule has 0 bridgehead atoms. The van der Waals surface area contributed by atoms with Gasteiger partial charge in [0.2, 0.25) is 5.91 Å². The van der Waals surface area contributed by atoms with Crippen LogP contribution in [0.2, 0.25) is 0 Å². The Bertz CT molecular complexity index is 881. The Morgan fingerprint density at radius 1 is 1.26 bits per heavy atom. The van der Waals surface area contributed by atoms with Crippen molar-refractivity contribution in [2.75, 3.05) is 0 Å². The molecular weight excluding hydrogens is 344 g/mol. The molecule has 2 aromatic rings. The molecule has 0 aliphatic carbocycles. The van der Waals surface area contributed by atoms with E-state index in [1.807, 2.05) is 12.1 Å². The SMILES string of the molecule is C[C@@H](N)[C@@H](C(N)=O)N(O)C(=O)c1ccc(C=CC#Cc2cccnc2)cc1. The van der Waals surface area contributed by atoms with Crippen molar-refractivity contribution in [3.63, 3.8) is 0 Å². The first kappa shape index (κ1) is 19.8. The summed E-state index contributed by atoms with van der Waals surface area (Å²) in [6.07, 6.45) is 6.81. The van der Waals surface area contributed by atoms with Crippen molar-refractivity contribution in [2.45, 2.75) is 19.0 Å². The van der Waals surface area contributed by atoms with Gasteiger partial charge in [-0.25, -0.2) is 5.06 Å². The first-order chi connectivity index (χ1) is 12.9. The number of primary amides is 1. The first-order valence-electron chi connectivity index (χ1n) is 8.15. The number of pyridine rings is 1. The second-order valence-electron chi connectivity index (χ2n) is 5.82. The van der Waals surface area contributed by atoms with Crippen LogP contribution in [0.1, 0.15) is 28.4 Å². The molecule has 2 rings (SSSR count). The van der Waals surface area contributed by atoms with Crippen LogP contribution in [0.15, 0.2) is 54.9 Å². The highest BCUT2D eigenvalue weighted by atomic mass is 16.5. The van der Waals surface area contributed by atoms with Crippen molar-refractivity contribution in [3.8, 4) is 11.8 Å². The van der Waals surface area contributed by atoms with E-state index >= 15 is 0 Å². The Labute approximate surface area is 157 Å². The van der Waals surface area contributed by atoms with Crippen LogP contribution in [-0.4, -0.2) is 39.2 Å². The maximum Gasteiger partial charge on any atom is 0.278 e. The number of hydrogen-bond donors (Lipinski definition) is 3. The van der Waals surface area contributed by atoms with Crippen LogP contribution in [0.5, 0.6) is 0 Å². The van der Waals surface area contributed by atoms with Crippen LogP contribution >= 0.6 is 0 Å². The lowest BCUT2D eigenvalue weighted by atomic mass is 10.1. The molecule has 7 nitrogen and oxygen atoms in total. The van der Waals surface area contributed by atoms with Gasteiger partial charge in [-0.1, -0.05) is 24.0 Å². The zero-order chi connectivity index (χ0) is 19.8. The molecule has 5 N–H and O–H groups in total. The van der Waals surface area contributed by atoms with E-state index in [0.717, 1.165) is 11.1 Å². The smallest absolute Gasteiger partial charge is 0.278 e. The van der Waals surface area contributed by atoms with Gasteiger partial charge in [-0.15, -0.1) is 0 Å². The number of benzene rings is 1. The van der Waals surface area contributed by atoms with Gasteiger partial charge in [-0.2, -0.15) is 0 Å². The number of hydrogen-bond acceptors (Lipinski definition) is 5. The van der Waals surface area contributed by atoms with Gasteiger partial charge in [0.25, 0.3) is 5.91 Å². The summed E-state index contributed by atoms with van der Waals surface area (Å²) in [6.45, 7) is 1.48. The summed E-state index contributed by atoms with van der Waals surface area (Å²) in [5.41, 5.74) is 12.6. The molecule has 0 unspecified atom stereocenters. The number of allylic oxidation sites excluding steroid dienone is 1. The number of nitrogens with zero attached hydrogens (tertiary/aromatic N) is 2. The average Bonchev–Trinajstić information content (AvgIpc) is 2.65. The van der Waals surface area contributed by atoms with Gasteiger partial charge in [-0.3, -0.25) is 19.8 Å². The third-order valence-electron chi connectivity index (χ3n) is 3.66. The maximum absolute atomic E-state index is 12.3. The van der Waals surface area contributed by atoms with Crippen LogP contribution in [0.3, 0.4) is 0 Å². The summed E-state index contributed by atoms with van der Waals surface area (Å²) in [4.78, 5) is 27.7. The maximum atomic E-state index is 12.3. The average molecular weight is 364 g/mol. The highest BCUT2D eigenvalue weighted by Crippen LogP contribution is 2.11. The van der Waals surface area contributed by atoms with Gasteiger partial charge in [-0.05, 0) is 48.9 Å². The van der Waals surface area contributed by atoms with Crippen molar-refractivity contribution in [3.05, 3.63) is 71.6 Å². The minimum absolute atomic E-state index is 0.197. The van der Waals surface area contributed by atoms with E-state index in [9.17, 15) is 14.8 Å². The molecule has 2 amide bonds. The number of carbonyl (C=O) groups is 2. The van der Waals surface area contributed by atoms with E-state index in [4.69, 9.17) is 11.5 Å². The van der Waals surface area contributed by atoms with Gasteiger partial charge in [0, 0.05) is 29.6 Å². The summed E-state index contributed by atoms with van der Waals surface area (Å²) in [5, 5.41) is 10.3. The highest BCUT2D eigenvalue weighted by molar-refractivity contribution is 5.96. The molecular formula is C20H20N4O3. The standard InChI is InChI=1S/C20H20N4O3/c1-14(21)18(19(22)25)24(27)20(26)17-10-8-15(9-11-17)5-2-3-6-16-7-4-12-23-13-16/h2,4-5,7-14,18,27H,21H2,1H3,(H2,22,25)/t14-,18+/m1/s1. The van der Waals surface area contributed by atoms with Crippen molar-refractivity contribution < 1.29 is 14.8 Å². The molecule has 0 fully saturated rings. The topological polar surface area (TPSA) is 123 Å². The van der Waals surface area contributed by atoms with Crippen molar-refractivity contribution in [1.82, 2.24) is 10.0 Å². The number of amides is 2. The van der Waals surface area contributed by atoms with E-state index in [2.05, 4.69) is 16.8 Å². The fourth-order valence-corrected chi connectivity index (χ4v) is 2.30. The molecule has 1 aromatic heterocycles. The minimum Gasteiger partial charge on any atom is -0.368 e. The van der Waals surface area contributed by atoms with E-state index in [1.54, 1.807) is 36.7 Å². The molecule has 0 saturated heterocycles. The first-order valence-corrected chi connectivity index (χ1v) is 8.15. The zero-order valence-electron chi connectivity index (χ0n) is 14.7. The molecule has 7 heteroatoms. The van der Waals surface area contributed by atoms with Gasteiger partial charge >= 0.3 is 0 Å². The Balaban J connectivity index is 2.06. The predicted molar refractivity (Wildman–Crippen MR) is 101 cm³/mol. The Kier molecular flexibility index (Phi) is 6.83. The Morgan fingerprint density at radius 2 is 1.96 bits per heavy atom. The van der Waals surface area contributed by atoms with E-state index in [1.165, 1.54) is 19.1 Å². The number of rotatable bonds is 5. The highest BCUT2D eigenvalue weighted by Gasteiger charge is 2.31. The van der Waals surface area contributed by atoms with Crippen LogP contribution in [0.4, 0.5) is 0 Å². The van der Waals surface area contributed by atoms with Crippen molar-refractivity contribution in [1.29, 1.82) is 0 Å². The Morgan fingerprint density at radius 3 is 2.52 bits per heavy atom. The van der Waals surface area contributed by atoms with Crippen molar-refractivity contribution in [2.24, 2.45) is 11.5 Å². The summed E-state index contributed by atoms with van der Waals surface area (Å²) in [7, 11) is 0. The fourth-order valence-electron chi connectivity index (χ4n) is 2.30. The van der Waals surface area contributed by atoms with E-state index in [0.29, 0.717) is 0 Å². The molecule has 0 saturated carbocycles. The van der Waals surface area contributed by atoms with Crippen molar-refractivity contribution >= 4 is 17.9 Å². The quantitative estimate of drug-likeness (QED) is 0.418. The Hall–Kier alpha value is -3.47. The molecule has 1 aromatic carbocycles. The number of nitrogens with two attached hydrogens (primary N) is 2. The van der Waals surface area contributed by atoms with Crippen LogP contribution in [0, 0.1) is 11.8 Å². The second kappa shape index (κ2) is 9.29. The molecule has 0 aliphatic rings. The summed E-state index contributed by atoms with van der Waals surface area (Å²) in [6, 6.07) is 7.98. The molecule has 27 heavy (non-hydrogen) atoms. The van der Waals surface area contributed by atoms with Gasteiger partial charge in [0.1, 0.15) is 0 Å². The van der Waals surface area contributed by atoms with Crippen LogP contribution in [0.25, 0.3) is 6.08 Å². The summed E-state index contributed by atoms with van der Waals surface area (Å²) >= 11 is 0. The lowest BCUT2D eigenvalue weighted by Crippen LogP contribution is -2.54. The second-order valence-corrected chi connectivity index (χ2v) is 5.82. The molecule has 0 aliphatic heterocycles.